The number of aryl methyl sites for hydroxylation is 1. The molecule has 3 rings (SSSR count). The zero-order valence-electron chi connectivity index (χ0n) is 16.4. The highest BCUT2D eigenvalue weighted by molar-refractivity contribution is 6.31. The van der Waals surface area contributed by atoms with E-state index in [2.05, 4.69) is 10.2 Å². The SMILES string of the molecule is CC(=O)N(CCC(=O)Nc1ccc(C)c(Cl)c1)c1ccc(N2CCCC2)cc1. The first kappa shape index (κ1) is 20.2. The molecule has 2 amide bonds. The zero-order valence-corrected chi connectivity index (χ0v) is 17.1. The summed E-state index contributed by atoms with van der Waals surface area (Å²) in [6.07, 6.45) is 2.66. The molecule has 0 aliphatic carbocycles. The maximum Gasteiger partial charge on any atom is 0.226 e. The Morgan fingerprint density at radius 3 is 2.39 bits per heavy atom. The molecule has 28 heavy (non-hydrogen) atoms. The van der Waals surface area contributed by atoms with Crippen LogP contribution in [-0.2, 0) is 9.59 Å². The number of rotatable bonds is 6. The van der Waals surface area contributed by atoms with Crippen LogP contribution in [0.25, 0.3) is 0 Å². The van der Waals surface area contributed by atoms with Crippen LogP contribution in [-0.4, -0.2) is 31.4 Å². The fourth-order valence-electron chi connectivity index (χ4n) is 3.39. The Hall–Kier alpha value is -2.53. The van der Waals surface area contributed by atoms with Gasteiger partial charge in [0.2, 0.25) is 11.8 Å². The standard InChI is InChI=1S/C22H26ClN3O2/c1-16-5-6-18(15-21(16)23)24-22(28)11-14-26(17(2)27)20-9-7-19(8-10-20)25-12-3-4-13-25/h5-10,15H,3-4,11-14H2,1-2H3,(H,24,28). The quantitative estimate of drug-likeness (QED) is 0.770. The van der Waals surface area contributed by atoms with Gasteiger partial charge in [0.05, 0.1) is 0 Å². The average molecular weight is 400 g/mol. The van der Waals surface area contributed by atoms with E-state index in [1.54, 1.807) is 11.0 Å². The summed E-state index contributed by atoms with van der Waals surface area (Å²) < 4.78 is 0. The molecule has 6 heteroatoms. The van der Waals surface area contributed by atoms with Gasteiger partial charge < -0.3 is 15.1 Å². The first-order chi connectivity index (χ1) is 13.4. The molecule has 2 aromatic rings. The lowest BCUT2D eigenvalue weighted by molar-refractivity contribution is -0.117. The Kier molecular flexibility index (Phi) is 6.57. The Bertz CT molecular complexity index is 845. The van der Waals surface area contributed by atoms with E-state index in [9.17, 15) is 9.59 Å². The van der Waals surface area contributed by atoms with Crippen molar-refractivity contribution in [3.8, 4) is 0 Å². The number of hydrogen-bond donors (Lipinski definition) is 1. The van der Waals surface area contributed by atoms with Crippen molar-refractivity contribution in [1.29, 1.82) is 0 Å². The Labute approximate surface area is 171 Å². The van der Waals surface area contributed by atoms with E-state index in [1.165, 1.54) is 25.5 Å². The normalized spacial score (nSPS) is 13.5. The van der Waals surface area contributed by atoms with Gasteiger partial charge in [0.25, 0.3) is 0 Å². The summed E-state index contributed by atoms with van der Waals surface area (Å²) >= 11 is 6.10. The largest absolute Gasteiger partial charge is 0.372 e. The third kappa shape index (κ3) is 5.04. The molecule has 1 aliphatic heterocycles. The second-order valence-corrected chi connectivity index (χ2v) is 7.55. The van der Waals surface area contributed by atoms with E-state index in [-0.39, 0.29) is 18.2 Å². The molecule has 1 saturated heterocycles. The monoisotopic (exact) mass is 399 g/mol. The number of benzene rings is 2. The smallest absolute Gasteiger partial charge is 0.226 e. The maximum absolute atomic E-state index is 12.3. The number of nitrogens with one attached hydrogen (secondary N) is 1. The first-order valence-electron chi connectivity index (χ1n) is 9.63. The summed E-state index contributed by atoms with van der Waals surface area (Å²) in [5.74, 6) is -0.236. The lowest BCUT2D eigenvalue weighted by Crippen LogP contribution is -2.32. The average Bonchev–Trinajstić information content (AvgIpc) is 3.20. The van der Waals surface area contributed by atoms with Gasteiger partial charge in [-0.15, -0.1) is 0 Å². The molecule has 0 radical (unpaired) electrons. The van der Waals surface area contributed by atoms with Gasteiger partial charge in [-0.05, 0) is 61.7 Å². The second kappa shape index (κ2) is 9.11. The minimum atomic E-state index is -0.153. The molecule has 1 fully saturated rings. The van der Waals surface area contributed by atoms with E-state index >= 15 is 0 Å². The van der Waals surface area contributed by atoms with E-state index in [0.29, 0.717) is 17.3 Å². The van der Waals surface area contributed by atoms with Crippen molar-refractivity contribution in [2.45, 2.75) is 33.1 Å². The van der Waals surface area contributed by atoms with Crippen molar-refractivity contribution in [3.63, 3.8) is 0 Å². The molecule has 0 saturated carbocycles. The van der Waals surface area contributed by atoms with Crippen LogP contribution in [0.5, 0.6) is 0 Å². The van der Waals surface area contributed by atoms with Gasteiger partial charge in [-0.2, -0.15) is 0 Å². The molecule has 0 spiro atoms. The van der Waals surface area contributed by atoms with Crippen molar-refractivity contribution < 1.29 is 9.59 Å². The zero-order chi connectivity index (χ0) is 20.1. The van der Waals surface area contributed by atoms with Crippen LogP contribution in [0, 0.1) is 6.92 Å². The number of hydrogen-bond acceptors (Lipinski definition) is 3. The third-order valence-corrected chi connectivity index (χ3v) is 5.44. The topological polar surface area (TPSA) is 52.7 Å². The Morgan fingerprint density at radius 2 is 1.79 bits per heavy atom. The van der Waals surface area contributed by atoms with Crippen molar-refractivity contribution >= 4 is 40.5 Å². The molecular weight excluding hydrogens is 374 g/mol. The fraction of sp³-hybridized carbons (Fsp3) is 0.364. The van der Waals surface area contributed by atoms with Gasteiger partial charge in [0.15, 0.2) is 0 Å². The van der Waals surface area contributed by atoms with Crippen LogP contribution in [0.3, 0.4) is 0 Å². The molecule has 2 aromatic carbocycles. The first-order valence-corrected chi connectivity index (χ1v) is 10.0. The molecule has 1 N–H and O–H groups in total. The van der Waals surface area contributed by atoms with Crippen molar-refractivity contribution in [2.24, 2.45) is 0 Å². The van der Waals surface area contributed by atoms with Crippen LogP contribution in [0.4, 0.5) is 17.1 Å². The molecule has 148 valence electrons. The van der Waals surface area contributed by atoms with Gasteiger partial charge in [-0.3, -0.25) is 9.59 Å². The van der Waals surface area contributed by atoms with Gasteiger partial charge in [0, 0.05) is 55.1 Å². The molecule has 5 nitrogen and oxygen atoms in total. The van der Waals surface area contributed by atoms with Crippen LogP contribution in [0.1, 0.15) is 31.7 Å². The summed E-state index contributed by atoms with van der Waals surface area (Å²) in [7, 11) is 0. The van der Waals surface area contributed by atoms with Crippen LogP contribution in [0.2, 0.25) is 5.02 Å². The number of nitrogens with zero attached hydrogens (tertiary/aromatic N) is 2. The summed E-state index contributed by atoms with van der Waals surface area (Å²) in [4.78, 5) is 28.4. The Balaban J connectivity index is 1.60. The van der Waals surface area contributed by atoms with E-state index in [0.717, 1.165) is 24.3 Å². The van der Waals surface area contributed by atoms with Gasteiger partial charge in [-0.1, -0.05) is 17.7 Å². The lowest BCUT2D eigenvalue weighted by atomic mass is 10.2. The lowest BCUT2D eigenvalue weighted by Gasteiger charge is -2.23. The molecular formula is C22H26ClN3O2. The highest BCUT2D eigenvalue weighted by Gasteiger charge is 2.16. The highest BCUT2D eigenvalue weighted by atomic mass is 35.5. The number of carbonyl (C=O) groups is 2. The summed E-state index contributed by atoms with van der Waals surface area (Å²) in [5.41, 5.74) is 3.60. The number of anilines is 3. The van der Waals surface area contributed by atoms with E-state index in [4.69, 9.17) is 11.6 Å². The van der Waals surface area contributed by atoms with Gasteiger partial charge >= 0.3 is 0 Å². The molecule has 0 unspecified atom stereocenters. The minimum Gasteiger partial charge on any atom is -0.372 e. The second-order valence-electron chi connectivity index (χ2n) is 7.14. The molecule has 0 bridgehead atoms. The predicted molar refractivity (Wildman–Crippen MR) is 115 cm³/mol. The molecule has 0 aromatic heterocycles. The van der Waals surface area contributed by atoms with Crippen molar-refractivity contribution in [2.75, 3.05) is 34.8 Å². The van der Waals surface area contributed by atoms with Gasteiger partial charge in [0.1, 0.15) is 0 Å². The number of amides is 2. The Morgan fingerprint density at radius 1 is 1.11 bits per heavy atom. The van der Waals surface area contributed by atoms with Crippen LogP contribution >= 0.6 is 11.6 Å². The summed E-state index contributed by atoms with van der Waals surface area (Å²) in [6.45, 7) is 5.92. The maximum atomic E-state index is 12.3. The number of carbonyl (C=O) groups excluding carboxylic acids is 2. The molecule has 1 heterocycles. The van der Waals surface area contributed by atoms with Crippen LogP contribution < -0.4 is 15.1 Å². The van der Waals surface area contributed by atoms with E-state index < -0.39 is 0 Å². The minimum absolute atomic E-state index is 0.0832. The van der Waals surface area contributed by atoms with Gasteiger partial charge in [-0.25, -0.2) is 0 Å². The summed E-state index contributed by atoms with van der Waals surface area (Å²) in [5, 5.41) is 3.45. The van der Waals surface area contributed by atoms with E-state index in [1.807, 2.05) is 43.3 Å². The van der Waals surface area contributed by atoms with Crippen LogP contribution in [0.15, 0.2) is 42.5 Å². The predicted octanol–water partition coefficient (Wildman–Crippen LogP) is 4.63. The fourth-order valence-corrected chi connectivity index (χ4v) is 3.58. The summed E-state index contributed by atoms with van der Waals surface area (Å²) in [6, 6.07) is 13.4. The number of halogens is 1. The molecule has 0 atom stereocenters. The highest BCUT2D eigenvalue weighted by Crippen LogP contribution is 2.24. The van der Waals surface area contributed by atoms with Crippen molar-refractivity contribution in [3.05, 3.63) is 53.1 Å². The van der Waals surface area contributed by atoms with Crippen molar-refractivity contribution in [1.82, 2.24) is 0 Å². The third-order valence-electron chi connectivity index (χ3n) is 5.03. The molecule has 1 aliphatic rings.